The first kappa shape index (κ1) is 20.6. The van der Waals surface area contributed by atoms with E-state index in [9.17, 15) is 9.59 Å². The van der Waals surface area contributed by atoms with Gasteiger partial charge in [0.05, 0.1) is 6.10 Å². The number of ether oxygens (including phenoxy) is 1. The van der Waals surface area contributed by atoms with E-state index in [1.165, 1.54) is 17.2 Å². The van der Waals surface area contributed by atoms with Crippen LogP contribution in [0.4, 0.5) is 0 Å². The molecule has 0 bridgehead atoms. The molecule has 0 aromatic heterocycles. The van der Waals surface area contributed by atoms with Crippen molar-refractivity contribution in [2.45, 2.75) is 45.9 Å². The van der Waals surface area contributed by atoms with Crippen molar-refractivity contribution in [1.82, 2.24) is 10.2 Å². The highest BCUT2D eigenvalue weighted by Gasteiger charge is 2.22. The minimum absolute atomic E-state index is 0.106. The Labute approximate surface area is 172 Å². The van der Waals surface area contributed by atoms with Crippen LogP contribution in [0.1, 0.15) is 43.4 Å². The molecule has 29 heavy (non-hydrogen) atoms. The molecular weight excluding hydrogens is 364 g/mol. The number of carbonyl (C=O) groups is 2. The molecule has 1 aliphatic rings. The summed E-state index contributed by atoms with van der Waals surface area (Å²) in [6.07, 6.45) is 4.44. The second-order valence-electron chi connectivity index (χ2n) is 7.49. The fourth-order valence-electron chi connectivity index (χ4n) is 3.31. The van der Waals surface area contributed by atoms with Crippen LogP contribution in [-0.4, -0.2) is 29.4 Å². The summed E-state index contributed by atoms with van der Waals surface area (Å²) in [6.45, 7) is 5.80. The summed E-state index contributed by atoms with van der Waals surface area (Å²) in [4.78, 5) is 26.2. The summed E-state index contributed by atoms with van der Waals surface area (Å²) in [5.41, 5.74) is 3.35. The van der Waals surface area contributed by atoms with Crippen LogP contribution >= 0.6 is 0 Å². The summed E-state index contributed by atoms with van der Waals surface area (Å²) >= 11 is 0. The average molecular weight is 392 g/mol. The van der Waals surface area contributed by atoms with Crippen molar-refractivity contribution in [3.05, 3.63) is 71.3 Å². The van der Waals surface area contributed by atoms with Crippen molar-refractivity contribution in [3.8, 4) is 5.75 Å². The Kier molecular flexibility index (Phi) is 7.06. The third-order valence-corrected chi connectivity index (χ3v) is 4.72. The van der Waals surface area contributed by atoms with Gasteiger partial charge in [0, 0.05) is 32.1 Å². The Morgan fingerprint density at radius 2 is 1.83 bits per heavy atom. The molecule has 0 saturated heterocycles. The quantitative estimate of drug-likeness (QED) is 0.547. The Hall–Kier alpha value is -3.08. The van der Waals surface area contributed by atoms with Gasteiger partial charge < -0.3 is 15.0 Å². The Bertz CT molecular complexity index is 864. The molecule has 1 N–H and O–H groups in total. The minimum Gasteiger partial charge on any atom is -0.491 e. The van der Waals surface area contributed by atoms with Crippen molar-refractivity contribution >= 4 is 17.9 Å². The van der Waals surface area contributed by atoms with E-state index in [0.717, 1.165) is 11.3 Å². The molecule has 0 spiro atoms. The van der Waals surface area contributed by atoms with Crippen LogP contribution in [0.15, 0.2) is 54.6 Å². The van der Waals surface area contributed by atoms with Crippen molar-refractivity contribution in [1.29, 1.82) is 0 Å². The molecule has 0 radical (unpaired) electrons. The third-order valence-electron chi connectivity index (χ3n) is 4.72. The van der Waals surface area contributed by atoms with Crippen LogP contribution in [-0.2, 0) is 22.7 Å². The van der Waals surface area contributed by atoms with E-state index < -0.39 is 0 Å². The van der Waals surface area contributed by atoms with Gasteiger partial charge in [-0.3, -0.25) is 9.59 Å². The first-order valence-electron chi connectivity index (χ1n) is 10.1. The molecule has 152 valence electrons. The van der Waals surface area contributed by atoms with Gasteiger partial charge in [0.2, 0.25) is 11.8 Å². The van der Waals surface area contributed by atoms with Gasteiger partial charge >= 0.3 is 0 Å². The Morgan fingerprint density at radius 3 is 2.52 bits per heavy atom. The maximum Gasteiger partial charge on any atom is 0.243 e. The molecule has 2 amide bonds. The molecule has 0 unspecified atom stereocenters. The number of amides is 2. The number of nitrogens with one attached hydrogen (secondary N) is 1. The van der Waals surface area contributed by atoms with E-state index >= 15 is 0 Å². The molecule has 2 aromatic carbocycles. The molecule has 0 fully saturated rings. The number of hydrogen-bond donors (Lipinski definition) is 1. The van der Waals surface area contributed by atoms with Crippen molar-refractivity contribution in [2.75, 3.05) is 6.54 Å². The Morgan fingerprint density at radius 1 is 1.10 bits per heavy atom. The van der Waals surface area contributed by atoms with Crippen molar-refractivity contribution < 1.29 is 14.3 Å². The lowest BCUT2D eigenvalue weighted by molar-refractivity contribution is -0.132. The zero-order valence-electron chi connectivity index (χ0n) is 17.1. The molecule has 0 aliphatic carbocycles. The second-order valence-corrected chi connectivity index (χ2v) is 7.49. The smallest absolute Gasteiger partial charge is 0.243 e. The predicted octanol–water partition coefficient (Wildman–Crippen LogP) is 3.93. The average Bonchev–Trinajstić information content (AvgIpc) is 3.14. The minimum atomic E-state index is -0.166. The highest BCUT2D eigenvalue weighted by molar-refractivity contribution is 5.91. The van der Waals surface area contributed by atoms with Gasteiger partial charge in [-0.05, 0) is 55.2 Å². The molecular formula is C24H28N2O3. The van der Waals surface area contributed by atoms with Gasteiger partial charge in [0.15, 0.2) is 0 Å². The van der Waals surface area contributed by atoms with Crippen LogP contribution in [0.25, 0.3) is 6.08 Å². The number of benzene rings is 2. The van der Waals surface area contributed by atoms with Crippen LogP contribution in [0.3, 0.4) is 0 Å². The highest BCUT2D eigenvalue weighted by Crippen LogP contribution is 2.22. The number of nitrogens with zero attached hydrogens (tertiary/aromatic N) is 1. The van der Waals surface area contributed by atoms with Crippen LogP contribution in [0.2, 0.25) is 0 Å². The van der Waals surface area contributed by atoms with E-state index in [1.807, 2.05) is 55.1 Å². The normalized spacial score (nSPS) is 13.0. The fourth-order valence-corrected chi connectivity index (χ4v) is 3.31. The number of rotatable bonds is 8. The maximum absolute atomic E-state index is 12.4. The first-order chi connectivity index (χ1) is 14.0. The maximum atomic E-state index is 12.4. The topological polar surface area (TPSA) is 58.6 Å². The zero-order chi connectivity index (χ0) is 20.6. The van der Waals surface area contributed by atoms with Crippen molar-refractivity contribution in [3.63, 3.8) is 0 Å². The number of fused-ring (bicyclic) bond motifs is 1. The molecule has 5 heteroatoms. The van der Waals surface area contributed by atoms with Crippen LogP contribution in [0, 0.1) is 0 Å². The molecule has 5 nitrogen and oxygen atoms in total. The monoisotopic (exact) mass is 392 g/mol. The van der Waals surface area contributed by atoms with E-state index in [-0.39, 0.29) is 17.9 Å². The largest absolute Gasteiger partial charge is 0.491 e. The molecule has 0 saturated carbocycles. The molecule has 0 atom stereocenters. The lowest BCUT2D eigenvalue weighted by Crippen LogP contribution is -2.27. The van der Waals surface area contributed by atoms with Gasteiger partial charge in [0.25, 0.3) is 0 Å². The van der Waals surface area contributed by atoms with Crippen LogP contribution in [0.5, 0.6) is 5.75 Å². The van der Waals surface area contributed by atoms with Gasteiger partial charge in [0.1, 0.15) is 5.75 Å². The molecule has 1 aliphatic heterocycles. The lowest BCUT2D eigenvalue weighted by Gasteiger charge is -2.15. The molecule has 2 aromatic rings. The Balaban J connectivity index is 1.37. The SMILES string of the molecule is CC(C)Oc1cccc(/C=C/C(=O)NCCCC(=O)N2Cc3ccccc3C2)c1. The van der Waals surface area contributed by atoms with Crippen LogP contribution < -0.4 is 10.1 Å². The predicted molar refractivity (Wildman–Crippen MR) is 114 cm³/mol. The van der Waals surface area contributed by atoms with Gasteiger partial charge in [-0.25, -0.2) is 0 Å². The second kappa shape index (κ2) is 9.92. The fraction of sp³-hybridized carbons (Fsp3) is 0.333. The summed E-state index contributed by atoms with van der Waals surface area (Å²) in [6, 6.07) is 15.8. The zero-order valence-corrected chi connectivity index (χ0v) is 17.1. The van der Waals surface area contributed by atoms with Gasteiger partial charge in [-0.15, -0.1) is 0 Å². The van der Waals surface area contributed by atoms with E-state index in [2.05, 4.69) is 17.4 Å². The summed E-state index contributed by atoms with van der Waals surface area (Å²) in [5.74, 6) is 0.749. The number of hydrogen-bond acceptors (Lipinski definition) is 3. The summed E-state index contributed by atoms with van der Waals surface area (Å²) < 4.78 is 5.66. The van der Waals surface area contributed by atoms with E-state index in [0.29, 0.717) is 32.5 Å². The van der Waals surface area contributed by atoms with Crippen molar-refractivity contribution in [2.24, 2.45) is 0 Å². The van der Waals surface area contributed by atoms with Gasteiger partial charge in [-0.1, -0.05) is 36.4 Å². The number of carbonyl (C=O) groups excluding carboxylic acids is 2. The highest BCUT2D eigenvalue weighted by atomic mass is 16.5. The first-order valence-corrected chi connectivity index (χ1v) is 10.1. The molecule has 1 heterocycles. The van der Waals surface area contributed by atoms with E-state index in [1.54, 1.807) is 6.08 Å². The molecule has 3 rings (SSSR count). The van der Waals surface area contributed by atoms with Gasteiger partial charge in [-0.2, -0.15) is 0 Å². The summed E-state index contributed by atoms with van der Waals surface area (Å²) in [5, 5.41) is 2.84. The lowest BCUT2D eigenvalue weighted by atomic mass is 10.1. The van der Waals surface area contributed by atoms with E-state index in [4.69, 9.17) is 4.74 Å². The standard InChI is InChI=1S/C24H28N2O3/c1-18(2)29-22-10-5-7-19(15-22)12-13-23(27)25-14-6-11-24(28)26-16-20-8-3-4-9-21(20)17-26/h3-5,7-10,12-13,15,18H,6,11,14,16-17H2,1-2H3,(H,25,27)/b13-12+. The summed E-state index contributed by atoms with van der Waals surface area (Å²) in [7, 11) is 0. The third kappa shape index (κ3) is 6.21.